The second-order valence-corrected chi connectivity index (χ2v) is 3.51. The number of hydrogen-bond donors (Lipinski definition) is 2. The summed E-state index contributed by atoms with van der Waals surface area (Å²) < 4.78 is 10.3. The van der Waals surface area contributed by atoms with Crippen molar-refractivity contribution in [2.45, 2.75) is 12.8 Å². The van der Waals surface area contributed by atoms with Crippen LogP contribution in [0.2, 0.25) is 0 Å². The van der Waals surface area contributed by atoms with Crippen LogP contribution in [-0.4, -0.2) is 23.8 Å². The Bertz CT molecular complexity index is 457. The Morgan fingerprint density at radius 2 is 2.00 bits per heavy atom. The van der Waals surface area contributed by atoms with E-state index < -0.39 is 5.97 Å². The lowest BCUT2D eigenvalue weighted by Gasteiger charge is -2.05. The Morgan fingerprint density at radius 1 is 1.24 bits per heavy atom. The fraction of sp³-hybridized carbons (Fsp3) is 0.273. The second kappa shape index (κ2) is 4.73. The van der Waals surface area contributed by atoms with Crippen molar-refractivity contribution in [1.29, 1.82) is 0 Å². The first kappa shape index (κ1) is 11.3. The highest BCUT2D eigenvalue weighted by molar-refractivity contribution is 5.92. The molecule has 0 spiro atoms. The van der Waals surface area contributed by atoms with Gasteiger partial charge in [-0.2, -0.15) is 0 Å². The molecule has 1 heterocycles. The van der Waals surface area contributed by atoms with E-state index in [0.717, 1.165) is 0 Å². The highest BCUT2D eigenvalue weighted by Crippen LogP contribution is 2.34. The van der Waals surface area contributed by atoms with E-state index in [1.54, 1.807) is 18.2 Å². The van der Waals surface area contributed by atoms with Crippen molar-refractivity contribution in [1.82, 2.24) is 0 Å². The molecular weight excluding hydrogens is 226 g/mol. The summed E-state index contributed by atoms with van der Waals surface area (Å²) >= 11 is 0. The molecule has 0 atom stereocenters. The van der Waals surface area contributed by atoms with Crippen molar-refractivity contribution < 1.29 is 24.2 Å². The minimum Gasteiger partial charge on any atom is -0.481 e. The van der Waals surface area contributed by atoms with Gasteiger partial charge in [0.05, 0.1) is 6.42 Å². The Labute approximate surface area is 97.1 Å². The van der Waals surface area contributed by atoms with E-state index in [1.165, 1.54) is 0 Å². The van der Waals surface area contributed by atoms with Gasteiger partial charge in [0.2, 0.25) is 12.7 Å². The maximum absolute atomic E-state index is 11.4. The summed E-state index contributed by atoms with van der Waals surface area (Å²) in [4.78, 5) is 21.7. The zero-order valence-corrected chi connectivity index (χ0v) is 8.93. The fourth-order valence-electron chi connectivity index (χ4n) is 1.42. The standard InChI is InChI=1S/C11H11NO5/c13-10(3-4-11(14)15)12-7-1-2-8-9(5-7)17-6-16-8/h1-2,5H,3-4,6H2,(H,12,13)(H,14,15). The van der Waals surface area contributed by atoms with Crippen molar-refractivity contribution in [3.63, 3.8) is 0 Å². The second-order valence-electron chi connectivity index (χ2n) is 3.51. The van der Waals surface area contributed by atoms with Gasteiger partial charge >= 0.3 is 5.97 Å². The highest BCUT2D eigenvalue weighted by Gasteiger charge is 2.14. The summed E-state index contributed by atoms with van der Waals surface area (Å²) in [5, 5.41) is 11.0. The molecule has 1 amide bonds. The van der Waals surface area contributed by atoms with E-state index in [0.29, 0.717) is 17.2 Å². The third-order valence-corrected chi connectivity index (χ3v) is 2.22. The number of carbonyl (C=O) groups is 2. The Kier molecular flexibility index (Phi) is 3.13. The first-order chi connectivity index (χ1) is 8.15. The van der Waals surface area contributed by atoms with Crippen LogP contribution in [0.25, 0.3) is 0 Å². The van der Waals surface area contributed by atoms with E-state index in [1.807, 2.05) is 0 Å². The van der Waals surface area contributed by atoms with E-state index in [4.69, 9.17) is 14.6 Å². The summed E-state index contributed by atoms with van der Waals surface area (Å²) in [5.74, 6) is -0.133. The molecule has 0 saturated carbocycles. The highest BCUT2D eigenvalue weighted by atomic mass is 16.7. The van der Waals surface area contributed by atoms with Gasteiger partial charge in [-0.15, -0.1) is 0 Å². The van der Waals surface area contributed by atoms with Gasteiger partial charge in [-0.1, -0.05) is 0 Å². The molecule has 1 aliphatic heterocycles. The van der Waals surface area contributed by atoms with Crippen LogP contribution in [0.4, 0.5) is 5.69 Å². The Hall–Kier alpha value is -2.24. The summed E-state index contributed by atoms with van der Waals surface area (Å²) in [7, 11) is 0. The SMILES string of the molecule is O=C(O)CCC(=O)Nc1ccc2c(c1)OCO2. The lowest BCUT2D eigenvalue weighted by Crippen LogP contribution is -2.13. The minimum absolute atomic E-state index is 0.0518. The van der Waals surface area contributed by atoms with Crippen LogP contribution in [0.3, 0.4) is 0 Å². The van der Waals surface area contributed by atoms with Crippen LogP contribution >= 0.6 is 0 Å². The van der Waals surface area contributed by atoms with Gasteiger partial charge in [-0.25, -0.2) is 0 Å². The number of amides is 1. The molecule has 0 radical (unpaired) electrons. The smallest absolute Gasteiger partial charge is 0.303 e. The number of carbonyl (C=O) groups excluding carboxylic acids is 1. The molecule has 6 nitrogen and oxygen atoms in total. The number of ether oxygens (including phenoxy) is 2. The molecule has 1 aliphatic rings. The molecule has 0 aromatic heterocycles. The predicted molar refractivity (Wildman–Crippen MR) is 58.1 cm³/mol. The van der Waals surface area contributed by atoms with Gasteiger partial charge in [0.1, 0.15) is 0 Å². The fourth-order valence-corrected chi connectivity index (χ4v) is 1.42. The van der Waals surface area contributed by atoms with Crippen molar-refractivity contribution in [3.8, 4) is 11.5 Å². The van der Waals surface area contributed by atoms with Crippen molar-refractivity contribution in [3.05, 3.63) is 18.2 Å². The molecule has 6 heteroatoms. The average Bonchev–Trinajstić information content (AvgIpc) is 2.73. The first-order valence-electron chi connectivity index (χ1n) is 5.06. The molecule has 0 unspecified atom stereocenters. The van der Waals surface area contributed by atoms with Gasteiger partial charge in [0.25, 0.3) is 0 Å². The number of fused-ring (bicyclic) bond motifs is 1. The number of nitrogens with one attached hydrogen (secondary N) is 1. The zero-order chi connectivity index (χ0) is 12.3. The van der Waals surface area contributed by atoms with Gasteiger partial charge < -0.3 is 19.9 Å². The number of rotatable bonds is 4. The van der Waals surface area contributed by atoms with Crippen LogP contribution in [0, 0.1) is 0 Å². The van der Waals surface area contributed by atoms with Crippen LogP contribution < -0.4 is 14.8 Å². The van der Waals surface area contributed by atoms with Crippen LogP contribution in [0.15, 0.2) is 18.2 Å². The quantitative estimate of drug-likeness (QED) is 0.822. The van der Waals surface area contributed by atoms with Crippen molar-refractivity contribution in [2.75, 3.05) is 12.1 Å². The van der Waals surface area contributed by atoms with E-state index in [2.05, 4.69) is 5.32 Å². The minimum atomic E-state index is -0.995. The maximum Gasteiger partial charge on any atom is 0.303 e. The summed E-state index contributed by atoms with van der Waals surface area (Å²) in [6, 6.07) is 5.00. The van der Waals surface area contributed by atoms with E-state index >= 15 is 0 Å². The van der Waals surface area contributed by atoms with Gasteiger partial charge in [-0.05, 0) is 12.1 Å². The molecule has 0 fully saturated rings. The molecule has 2 N–H and O–H groups in total. The van der Waals surface area contributed by atoms with E-state index in [9.17, 15) is 9.59 Å². The lowest BCUT2D eigenvalue weighted by atomic mass is 10.2. The first-order valence-corrected chi connectivity index (χ1v) is 5.06. The number of carboxylic acid groups (broad SMARTS) is 1. The number of anilines is 1. The zero-order valence-electron chi connectivity index (χ0n) is 8.93. The molecule has 2 rings (SSSR count). The van der Waals surface area contributed by atoms with E-state index in [-0.39, 0.29) is 25.5 Å². The Balaban J connectivity index is 1.95. The average molecular weight is 237 g/mol. The third kappa shape index (κ3) is 2.87. The Morgan fingerprint density at radius 3 is 2.76 bits per heavy atom. The van der Waals surface area contributed by atoms with Gasteiger partial charge in [0, 0.05) is 18.2 Å². The molecule has 90 valence electrons. The van der Waals surface area contributed by atoms with Crippen LogP contribution in [0.1, 0.15) is 12.8 Å². The molecular formula is C11H11NO5. The molecule has 0 aliphatic carbocycles. The van der Waals surface area contributed by atoms with Gasteiger partial charge in [-0.3, -0.25) is 9.59 Å². The summed E-state index contributed by atoms with van der Waals surface area (Å²) in [6.45, 7) is 0.172. The van der Waals surface area contributed by atoms with Crippen LogP contribution in [0.5, 0.6) is 11.5 Å². The largest absolute Gasteiger partial charge is 0.481 e. The third-order valence-electron chi connectivity index (χ3n) is 2.22. The number of aliphatic carboxylic acids is 1. The lowest BCUT2D eigenvalue weighted by molar-refractivity contribution is -0.138. The number of hydrogen-bond acceptors (Lipinski definition) is 4. The van der Waals surface area contributed by atoms with Crippen molar-refractivity contribution >= 4 is 17.6 Å². The number of carboxylic acids is 1. The monoisotopic (exact) mass is 237 g/mol. The predicted octanol–water partition coefficient (Wildman–Crippen LogP) is 1.22. The maximum atomic E-state index is 11.4. The molecule has 17 heavy (non-hydrogen) atoms. The summed E-state index contributed by atoms with van der Waals surface area (Å²) in [5.41, 5.74) is 0.560. The number of benzene rings is 1. The normalized spacial score (nSPS) is 12.2. The van der Waals surface area contributed by atoms with Gasteiger partial charge in [0.15, 0.2) is 11.5 Å². The molecule has 1 aromatic carbocycles. The van der Waals surface area contributed by atoms with Crippen molar-refractivity contribution in [2.24, 2.45) is 0 Å². The summed E-state index contributed by atoms with van der Waals surface area (Å²) in [6.07, 6.45) is -0.236. The molecule has 1 aromatic rings. The topological polar surface area (TPSA) is 84.9 Å². The molecule has 0 saturated heterocycles. The van der Waals surface area contributed by atoms with Crippen LogP contribution in [-0.2, 0) is 9.59 Å². The molecule has 0 bridgehead atoms.